The summed E-state index contributed by atoms with van der Waals surface area (Å²) in [5.74, 6) is 0. The molecule has 2 heteroatoms. The van der Waals surface area contributed by atoms with Gasteiger partial charge >= 0.3 is 0 Å². The molecule has 0 saturated heterocycles. The third-order valence-electron chi connectivity index (χ3n) is 0.685. The van der Waals surface area contributed by atoms with Crippen LogP contribution in [0.4, 0.5) is 0 Å². The highest BCUT2D eigenvalue weighted by Crippen LogP contribution is 1.74. The minimum Gasteiger partial charge on any atom is -0.394 e. The topological polar surface area (TPSA) is 29.5 Å². The molecule has 48 valence electrons. The number of ether oxygens (including phenoxy) is 1. The molecule has 2 nitrogen and oxygen atoms in total. The quantitative estimate of drug-likeness (QED) is 0.430. The summed E-state index contributed by atoms with van der Waals surface area (Å²) in [6.45, 7) is 3.08. The van der Waals surface area contributed by atoms with Gasteiger partial charge in [0.1, 0.15) is 0 Å². The predicted octanol–water partition coefficient (Wildman–Crippen LogP) is 0.571. The Hall–Kier alpha value is -0.340. The van der Waals surface area contributed by atoms with Crippen LogP contribution in [0.5, 0.6) is 0 Å². The number of allylic oxidation sites excluding steroid dienone is 1. The lowest BCUT2D eigenvalue weighted by Crippen LogP contribution is -1.97. The van der Waals surface area contributed by atoms with Crippen molar-refractivity contribution in [2.45, 2.75) is 6.92 Å². The molecule has 0 rings (SSSR count). The van der Waals surface area contributed by atoms with Crippen molar-refractivity contribution >= 4 is 0 Å². The zero-order chi connectivity index (χ0) is 6.24. The van der Waals surface area contributed by atoms with E-state index in [0.717, 1.165) is 0 Å². The molecule has 0 amide bonds. The zero-order valence-electron chi connectivity index (χ0n) is 5.13. The van der Waals surface area contributed by atoms with E-state index in [9.17, 15) is 0 Å². The monoisotopic (exact) mass is 116 g/mol. The van der Waals surface area contributed by atoms with Crippen molar-refractivity contribution in [2.75, 3.05) is 19.8 Å². The van der Waals surface area contributed by atoms with Gasteiger partial charge in [0.25, 0.3) is 0 Å². The normalized spacial score (nSPS) is 10.8. The first kappa shape index (κ1) is 7.66. The molecular weight excluding hydrogens is 104 g/mol. The van der Waals surface area contributed by atoms with Crippen LogP contribution in [0.25, 0.3) is 0 Å². The fourth-order valence-electron chi connectivity index (χ4n) is 0.312. The largest absolute Gasteiger partial charge is 0.394 e. The molecule has 0 heterocycles. The van der Waals surface area contributed by atoms with Crippen LogP contribution < -0.4 is 0 Å². The third kappa shape index (κ3) is 5.66. The summed E-state index contributed by atoms with van der Waals surface area (Å²) in [6.07, 6.45) is 3.81. The molecule has 0 radical (unpaired) electrons. The summed E-state index contributed by atoms with van der Waals surface area (Å²) in [5.41, 5.74) is 0. The minimum atomic E-state index is 0.109. The Morgan fingerprint density at radius 3 is 2.88 bits per heavy atom. The van der Waals surface area contributed by atoms with Gasteiger partial charge in [0, 0.05) is 0 Å². The maximum Gasteiger partial charge on any atom is 0.0701 e. The molecule has 8 heavy (non-hydrogen) atoms. The van der Waals surface area contributed by atoms with Crippen molar-refractivity contribution in [3.05, 3.63) is 12.2 Å². The molecule has 0 aliphatic heterocycles. The van der Waals surface area contributed by atoms with E-state index in [-0.39, 0.29) is 6.61 Å². The van der Waals surface area contributed by atoms with Crippen LogP contribution >= 0.6 is 0 Å². The van der Waals surface area contributed by atoms with E-state index in [0.29, 0.717) is 13.2 Å². The molecule has 0 aromatic rings. The molecule has 0 saturated carbocycles. The Morgan fingerprint density at radius 1 is 1.62 bits per heavy atom. The molecule has 0 atom stereocenters. The van der Waals surface area contributed by atoms with Crippen LogP contribution in [0, 0.1) is 0 Å². The van der Waals surface area contributed by atoms with Crippen LogP contribution in [-0.4, -0.2) is 24.9 Å². The average Bonchev–Trinajstić information content (AvgIpc) is 1.81. The van der Waals surface area contributed by atoms with E-state index < -0.39 is 0 Å². The van der Waals surface area contributed by atoms with Gasteiger partial charge in [-0.1, -0.05) is 12.2 Å². The van der Waals surface area contributed by atoms with Crippen LogP contribution in [0.1, 0.15) is 6.92 Å². The van der Waals surface area contributed by atoms with Gasteiger partial charge in [-0.3, -0.25) is 0 Å². The smallest absolute Gasteiger partial charge is 0.0701 e. The van der Waals surface area contributed by atoms with Crippen LogP contribution in [0.3, 0.4) is 0 Å². The molecule has 1 N–H and O–H groups in total. The first-order valence-electron chi connectivity index (χ1n) is 2.71. The molecule has 0 unspecified atom stereocenters. The number of hydrogen-bond donors (Lipinski definition) is 1. The van der Waals surface area contributed by atoms with Gasteiger partial charge in [-0.2, -0.15) is 0 Å². The summed E-state index contributed by atoms with van der Waals surface area (Å²) in [6, 6.07) is 0. The molecule has 0 aromatic carbocycles. The van der Waals surface area contributed by atoms with Crippen LogP contribution in [0.15, 0.2) is 12.2 Å². The fraction of sp³-hybridized carbons (Fsp3) is 0.667. The van der Waals surface area contributed by atoms with E-state index >= 15 is 0 Å². The third-order valence-corrected chi connectivity index (χ3v) is 0.685. The Kier molecular flexibility index (Phi) is 6.38. The SMILES string of the molecule is C/C=C\COCCO. The van der Waals surface area contributed by atoms with Gasteiger partial charge in [-0.15, -0.1) is 0 Å². The van der Waals surface area contributed by atoms with Gasteiger partial charge in [-0.05, 0) is 6.92 Å². The molecule has 0 aromatic heterocycles. The van der Waals surface area contributed by atoms with Crippen molar-refractivity contribution in [3.8, 4) is 0 Å². The Balaban J connectivity index is 2.72. The maximum atomic E-state index is 8.22. The Labute approximate surface area is 49.8 Å². The molecular formula is C6H12O2. The predicted molar refractivity (Wildman–Crippen MR) is 32.7 cm³/mol. The van der Waals surface area contributed by atoms with Gasteiger partial charge in [-0.25, -0.2) is 0 Å². The second kappa shape index (κ2) is 6.66. The van der Waals surface area contributed by atoms with Crippen molar-refractivity contribution in [2.24, 2.45) is 0 Å². The first-order chi connectivity index (χ1) is 3.91. The average molecular weight is 116 g/mol. The zero-order valence-corrected chi connectivity index (χ0v) is 5.13. The van der Waals surface area contributed by atoms with Gasteiger partial charge in [0.2, 0.25) is 0 Å². The van der Waals surface area contributed by atoms with Crippen molar-refractivity contribution in [1.82, 2.24) is 0 Å². The summed E-state index contributed by atoms with van der Waals surface area (Å²) in [7, 11) is 0. The van der Waals surface area contributed by atoms with E-state index in [1.165, 1.54) is 0 Å². The van der Waals surface area contributed by atoms with Crippen LogP contribution in [-0.2, 0) is 4.74 Å². The van der Waals surface area contributed by atoms with Crippen molar-refractivity contribution in [1.29, 1.82) is 0 Å². The summed E-state index contributed by atoms with van der Waals surface area (Å²) >= 11 is 0. The van der Waals surface area contributed by atoms with Crippen molar-refractivity contribution < 1.29 is 9.84 Å². The highest BCUT2D eigenvalue weighted by molar-refractivity contribution is 4.75. The summed E-state index contributed by atoms with van der Waals surface area (Å²) in [5, 5.41) is 8.22. The number of rotatable bonds is 4. The molecule has 0 spiro atoms. The van der Waals surface area contributed by atoms with E-state index in [2.05, 4.69) is 0 Å². The fourth-order valence-corrected chi connectivity index (χ4v) is 0.312. The highest BCUT2D eigenvalue weighted by Gasteiger charge is 1.77. The summed E-state index contributed by atoms with van der Waals surface area (Å²) < 4.78 is 4.89. The lowest BCUT2D eigenvalue weighted by molar-refractivity contribution is 0.112. The van der Waals surface area contributed by atoms with Crippen LogP contribution in [0.2, 0.25) is 0 Å². The lowest BCUT2D eigenvalue weighted by atomic mass is 10.5. The Morgan fingerprint density at radius 2 is 2.38 bits per heavy atom. The lowest BCUT2D eigenvalue weighted by Gasteiger charge is -1.93. The summed E-state index contributed by atoms with van der Waals surface area (Å²) in [4.78, 5) is 0. The number of aliphatic hydroxyl groups excluding tert-OH is 1. The Bertz CT molecular complexity index is 59.5. The van der Waals surface area contributed by atoms with E-state index in [1.54, 1.807) is 0 Å². The molecule has 0 aliphatic rings. The van der Waals surface area contributed by atoms with Gasteiger partial charge < -0.3 is 9.84 Å². The molecule has 0 bridgehead atoms. The van der Waals surface area contributed by atoms with Crippen molar-refractivity contribution in [3.63, 3.8) is 0 Å². The highest BCUT2D eigenvalue weighted by atomic mass is 16.5. The molecule has 0 fully saturated rings. The maximum absolute atomic E-state index is 8.22. The van der Waals surface area contributed by atoms with Gasteiger partial charge in [0.05, 0.1) is 19.8 Å². The van der Waals surface area contributed by atoms with E-state index in [4.69, 9.17) is 9.84 Å². The second-order valence-corrected chi connectivity index (χ2v) is 1.37. The van der Waals surface area contributed by atoms with E-state index in [1.807, 2.05) is 19.1 Å². The number of aliphatic hydroxyl groups is 1. The number of hydrogen-bond acceptors (Lipinski definition) is 2. The second-order valence-electron chi connectivity index (χ2n) is 1.37. The molecule has 0 aliphatic carbocycles. The van der Waals surface area contributed by atoms with Gasteiger partial charge in [0.15, 0.2) is 0 Å². The minimum absolute atomic E-state index is 0.109. The standard InChI is InChI=1S/C6H12O2/c1-2-3-5-8-6-4-7/h2-3,7H,4-6H2,1H3/b3-2-. The first-order valence-corrected chi connectivity index (χ1v) is 2.71.